The number of rotatable bonds is 3. The lowest BCUT2D eigenvalue weighted by Crippen LogP contribution is -3.12. The van der Waals surface area contributed by atoms with Gasteiger partial charge < -0.3 is 4.90 Å². The van der Waals surface area contributed by atoms with Crippen LogP contribution in [0.5, 0.6) is 0 Å². The van der Waals surface area contributed by atoms with Crippen LogP contribution in [0.1, 0.15) is 34.2 Å². The zero-order valence-corrected chi connectivity index (χ0v) is 15.3. The number of quaternary nitrogens is 1. The quantitative estimate of drug-likeness (QED) is 0.708. The molecule has 5 rings (SSSR count). The molecule has 0 aliphatic carbocycles. The van der Waals surface area contributed by atoms with Crippen LogP contribution in [0.25, 0.3) is 10.2 Å². The topological polar surface area (TPSA) is 54.7 Å². The van der Waals surface area contributed by atoms with Crippen molar-refractivity contribution < 1.29 is 18.9 Å². The number of Topliss-reactive ketones (excluding diaryl/α,β-unsaturated/α-hetero) is 1. The first-order valence-corrected chi connectivity index (χ1v) is 9.79. The number of carbonyl (C=O) groups excluding carboxylic acids is 2. The highest BCUT2D eigenvalue weighted by Gasteiger charge is 2.41. The van der Waals surface area contributed by atoms with E-state index in [2.05, 4.69) is 6.07 Å². The van der Waals surface area contributed by atoms with E-state index in [1.54, 1.807) is 11.3 Å². The Balaban J connectivity index is 1.45. The van der Waals surface area contributed by atoms with Crippen LogP contribution in [0.3, 0.4) is 0 Å². The molecule has 0 bridgehead atoms. The normalized spacial score (nSPS) is 22.0. The van der Waals surface area contributed by atoms with Crippen molar-refractivity contribution in [3.63, 3.8) is 0 Å². The summed E-state index contributed by atoms with van der Waals surface area (Å²) in [5, 5.41) is 1.07. The van der Waals surface area contributed by atoms with Crippen molar-refractivity contribution in [3.8, 4) is 0 Å². The Labute approximate surface area is 159 Å². The number of fused-ring (bicyclic) bond motifs is 2. The molecule has 1 N–H and O–H groups in total. The van der Waals surface area contributed by atoms with Crippen molar-refractivity contribution in [2.24, 2.45) is 0 Å². The molecule has 2 aliphatic heterocycles. The van der Waals surface area contributed by atoms with Crippen molar-refractivity contribution in [2.45, 2.75) is 18.9 Å². The van der Waals surface area contributed by atoms with Crippen LogP contribution in [-0.2, 0) is 4.79 Å². The molecule has 5 nitrogen and oxygen atoms in total. The van der Waals surface area contributed by atoms with Gasteiger partial charge in [-0.25, -0.2) is 9.37 Å². The number of halogens is 1. The first-order valence-electron chi connectivity index (χ1n) is 8.97. The van der Waals surface area contributed by atoms with E-state index in [1.807, 2.05) is 18.2 Å². The summed E-state index contributed by atoms with van der Waals surface area (Å²) < 4.78 is 14.6. The van der Waals surface area contributed by atoms with Crippen molar-refractivity contribution in [2.75, 3.05) is 18.1 Å². The first-order chi connectivity index (χ1) is 13.1. The molecule has 7 heteroatoms. The number of para-hydroxylation sites is 1. The van der Waals surface area contributed by atoms with Crippen molar-refractivity contribution in [1.82, 2.24) is 4.98 Å². The monoisotopic (exact) mass is 382 g/mol. The van der Waals surface area contributed by atoms with E-state index >= 15 is 0 Å². The van der Waals surface area contributed by atoms with E-state index in [1.165, 1.54) is 21.9 Å². The number of amides is 1. The smallest absolute Gasteiger partial charge is 0.303 e. The number of hydrogen-bond acceptors (Lipinski definition) is 4. The van der Waals surface area contributed by atoms with Crippen LogP contribution in [0.15, 0.2) is 42.5 Å². The Hall–Kier alpha value is -2.64. The van der Waals surface area contributed by atoms with Crippen molar-refractivity contribution >= 4 is 38.9 Å². The molecule has 3 aromatic rings. The Morgan fingerprint density at radius 2 is 2.07 bits per heavy atom. The first kappa shape index (κ1) is 16.5. The number of anilines is 1. The predicted octanol–water partition coefficient (Wildman–Crippen LogP) is 2.34. The summed E-state index contributed by atoms with van der Waals surface area (Å²) in [7, 11) is 0. The van der Waals surface area contributed by atoms with Gasteiger partial charge >= 0.3 is 5.91 Å². The number of thiazole rings is 1. The Morgan fingerprint density at radius 1 is 1.22 bits per heavy atom. The van der Waals surface area contributed by atoms with E-state index in [-0.39, 0.29) is 11.6 Å². The fourth-order valence-corrected chi connectivity index (χ4v) is 5.23. The highest BCUT2D eigenvalue weighted by atomic mass is 32.1. The Morgan fingerprint density at radius 3 is 2.93 bits per heavy atom. The Bertz CT molecular complexity index is 1050. The lowest BCUT2D eigenvalue weighted by molar-refractivity contribution is -0.917. The molecule has 1 aromatic heterocycles. The molecule has 2 aromatic carbocycles. The summed E-state index contributed by atoms with van der Waals surface area (Å²) >= 11 is 1.69. The second-order valence-electron chi connectivity index (χ2n) is 7.00. The summed E-state index contributed by atoms with van der Waals surface area (Å²) in [4.78, 5) is 32.2. The molecule has 1 unspecified atom stereocenters. The van der Waals surface area contributed by atoms with Gasteiger partial charge in [0, 0.05) is 12.8 Å². The van der Waals surface area contributed by atoms with Crippen LogP contribution in [0.2, 0.25) is 0 Å². The standard InChI is InChI=1S/C20H16FN3O2S/c21-12-7-8-15-13(10-12)18(25)20(26)24(15)11-23-9-3-5-16(23)19-22-14-4-1-2-6-17(14)27-19/h1-2,4,6-8,10,16H,3,5,9,11H2/p+1/t16-/m0/s1. The van der Waals surface area contributed by atoms with Crippen LogP contribution < -0.4 is 9.80 Å². The molecule has 136 valence electrons. The van der Waals surface area contributed by atoms with Gasteiger partial charge in [0.05, 0.1) is 28.0 Å². The van der Waals surface area contributed by atoms with Gasteiger partial charge in [-0.1, -0.05) is 12.1 Å². The highest BCUT2D eigenvalue weighted by molar-refractivity contribution is 7.18. The number of ketones is 1. The molecular formula is C20H17FN3O2S+. The molecule has 0 spiro atoms. The number of hydrogen-bond donors (Lipinski definition) is 1. The van der Waals surface area contributed by atoms with Gasteiger partial charge in [0.2, 0.25) is 0 Å². The van der Waals surface area contributed by atoms with E-state index in [0.717, 1.165) is 40.7 Å². The van der Waals surface area contributed by atoms with Crippen molar-refractivity contribution in [1.29, 1.82) is 0 Å². The van der Waals surface area contributed by atoms with Gasteiger partial charge in [0.1, 0.15) is 11.9 Å². The lowest BCUT2D eigenvalue weighted by atomic mass is 10.1. The largest absolute Gasteiger partial charge is 0.309 e. The van der Waals surface area contributed by atoms with Crippen LogP contribution in [0.4, 0.5) is 10.1 Å². The maximum Gasteiger partial charge on any atom is 0.303 e. The van der Waals surface area contributed by atoms with Crippen LogP contribution >= 0.6 is 11.3 Å². The second-order valence-corrected chi connectivity index (χ2v) is 8.07. The van der Waals surface area contributed by atoms with E-state index < -0.39 is 17.5 Å². The van der Waals surface area contributed by atoms with E-state index in [9.17, 15) is 14.0 Å². The SMILES string of the molecule is O=C1C(=O)N(C[NH+]2CCC[C@H]2c2nc3ccccc3s2)c2ccc(F)cc21. The average molecular weight is 382 g/mol. The van der Waals surface area contributed by atoms with E-state index in [4.69, 9.17) is 4.98 Å². The summed E-state index contributed by atoms with van der Waals surface area (Å²) in [6.07, 6.45) is 2.05. The third-order valence-electron chi connectivity index (χ3n) is 5.39. The third kappa shape index (κ3) is 2.65. The average Bonchev–Trinajstić information content (AvgIpc) is 3.35. The zero-order valence-electron chi connectivity index (χ0n) is 14.4. The van der Waals surface area contributed by atoms with Crippen LogP contribution in [0, 0.1) is 5.82 Å². The molecule has 1 amide bonds. The molecular weight excluding hydrogens is 365 g/mol. The lowest BCUT2D eigenvalue weighted by Gasteiger charge is -2.25. The summed E-state index contributed by atoms with van der Waals surface area (Å²) in [6.45, 7) is 1.30. The molecule has 27 heavy (non-hydrogen) atoms. The number of nitrogens with one attached hydrogen (secondary N) is 1. The molecule has 2 aliphatic rings. The number of aromatic nitrogens is 1. The summed E-state index contributed by atoms with van der Waals surface area (Å²) in [5.41, 5.74) is 1.67. The molecule has 1 saturated heterocycles. The number of benzene rings is 2. The minimum Gasteiger partial charge on any atom is -0.309 e. The maximum absolute atomic E-state index is 13.5. The second kappa shape index (κ2) is 6.21. The van der Waals surface area contributed by atoms with Gasteiger partial charge in [0.25, 0.3) is 5.78 Å². The summed E-state index contributed by atoms with van der Waals surface area (Å²) in [5.74, 6) is -1.70. The molecule has 1 fully saturated rings. The van der Waals surface area contributed by atoms with E-state index in [0.29, 0.717) is 12.4 Å². The van der Waals surface area contributed by atoms with Crippen LogP contribution in [-0.4, -0.2) is 29.9 Å². The Kier molecular flexibility index (Phi) is 3.80. The van der Waals surface area contributed by atoms with Gasteiger partial charge in [-0.3, -0.25) is 14.5 Å². The predicted molar refractivity (Wildman–Crippen MR) is 101 cm³/mol. The number of likely N-dealkylation sites (tertiary alicyclic amines) is 1. The molecule has 0 radical (unpaired) electrons. The zero-order chi connectivity index (χ0) is 18.5. The van der Waals surface area contributed by atoms with Gasteiger partial charge in [-0.05, 0) is 30.3 Å². The maximum atomic E-state index is 13.5. The van der Waals surface area contributed by atoms with Gasteiger partial charge in [-0.15, -0.1) is 11.3 Å². The molecule has 3 heterocycles. The molecule has 2 atom stereocenters. The third-order valence-corrected chi connectivity index (χ3v) is 6.54. The fraction of sp³-hybridized carbons (Fsp3) is 0.250. The summed E-state index contributed by atoms with van der Waals surface area (Å²) in [6, 6.07) is 12.2. The number of carbonyl (C=O) groups is 2. The highest BCUT2D eigenvalue weighted by Crippen LogP contribution is 2.31. The van der Waals surface area contributed by atoms with Gasteiger partial charge in [-0.2, -0.15) is 0 Å². The minimum absolute atomic E-state index is 0.162. The van der Waals surface area contributed by atoms with Gasteiger partial charge in [0.15, 0.2) is 11.7 Å². The van der Waals surface area contributed by atoms with Crippen molar-refractivity contribution in [3.05, 3.63) is 58.9 Å². The fourth-order valence-electron chi connectivity index (χ4n) is 4.07. The minimum atomic E-state index is -0.625. The molecule has 0 saturated carbocycles. The number of nitrogens with zero attached hydrogens (tertiary/aromatic N) is 2.